The van der Waals surface area contributed by atoms with Gasteiger partial charge in [0, 0.05) is 12.8 Å². The third-order valence-corrected chi connectivity index (χ3v) is 5.18. The second-order valence-electron chi connectivity index (χ2n) is 7.84. The van der Waals surface area contributed by atoms with Crippen molar-refractivity contribution in [1.82, 2.24) is 5.32 Å². The molecule has 163 valence electrons. The fourth-order valence-corrected chi connectivity index (χ4v) is 3.38. The van der Waals surface area contributed by atoms with E-state index in [-0.39, 0.29) is 18.7 Å². The van der Waals surface area contributed by atoms with Gasteiger partial charge in [-0.1, -0.05) is 96.8 Å². The Bertz CT molecular complexity index is 398. The number of hydrogen-bond donors (Lipinski definition) is 2. The van der Waals surface area contributed by atoms with E-state index in [1.807, 2.05) is 0 Å². The molecule has 0 aromatic carbocycles. The average Bonchev–Trinajstić information content (AvgIpc) is 2.67. The maximum Gasteiger partial charge on any atom is 0.326 e. The Balaban J connectivity index is 3.39. The Labute approximate surface area is 172 Å². The maximum absolute atomic E-state index is 11.8. The summed E-state index contributed by atoms with van der Waals surface area (Å²) in [7, 11) is 0. The van der Waals surface area contributed by atoms with E-state index in [2.05, 4.69) is 12.2 Å². The van der Waals surface area contributed by atoms with E-state index in [1.165, 1.54) is 77.0 Å². The van der Waals surface area contributed by atoms with Crippen LogP contribution in [0, 0.1) is 0 Å². The van der Waals surface area contributed by atoms with Crippen LogP contribution < -0.4 is 5.32 Å². The molecule has 1 radical (unpaired) electrons. The maximum atomic E-state index is 11.8. The lowest BCUT2D eigenvalue weighted by Crippen LogP contribution is -2.40. The van der Waals surface area contributed by atoms with Crippen molar-refractivity contribution in [3.05, 3.63) is 0 Å². The number of amides is 1. The van der Waals surface area contributed by atoms with E-state index in [9.17, 15) is 14.4 Å². The number of nitrogens with one attached hydrogen (secondary N) is 1. The molecular weight excluding hydrogens is 354 g/mol. The molecule has 0 saturated carbocycles. The number of rotatable bonds is 21. The monoisotopic (exact) mass is 396 g/mol. The minimum absolute atomic E-state index is 0.0240. The smallest absolute Gasteiger partial charge is 0.326 e. The van der Waals surface area contributed by atoms with Crippen LogP contribution in [0.5, 0.6) is 0 Å². The second-order valence-corrected chi connectivity index (χ2v) is 7.84. The molecule has 1 atom stereocenters. The molecule has 0 heterocycles. The largest absolute Gasteiger partial charge is 0.480 e. The summed E-state index contributed by atoms with van der Waals surface area (Å²) in [5.74, 6) is -1.34. The van der Waals surface area contributed by atoms with E-state index in [0.717, 1.165) is 19.3 Å². The molecule has 0 aromatic rings. The minimum atomic E-state index is -1.10. The standard InChI is InChI=1S/C23H42NO4/c1-2-3-4-5-6-7-8-9-10-11-12-13-14-15-16-19-22(26)24-21(23(27)28)18-17-20-25/h21H,2-19H2,1H3,(H,24,26)(H,27,28)/t21-/m0/s1. The van der Waals surface area contributed by atoms with Gasteiger partial charge in [-0.05, 0) is 12.8 Å². The van der Waals surface area contributed by atoms with E-state index in [0.29, 0.717) is 6.42 Å². The SMILES string of the molecule is CCCCCCCCCCCCCCCCCC(=O)N[C@@H](CC[C]=O)C(=O)O. The Morgan fingerprint density at radius 1 is 0.786 bits per heavy atom. The van der Waals surface area contributed by atoms with Gasteiger partial charge in [0.25, 0.3) is 0 Å². The molecule has 0 aliphatic rings. The molecule has 0 bridgehead atoms. The Hall–Kier alpha value is -1.39. The predicted octanol–water partition coefficient (Wildman–Crippen LogP) is 5.71. The van der Waals surface area contributed by atoms with Crippen molar-refractivity contribution in [3.63, 3.8) is 0 Å². The highest BCUT2D eigenvalue weighted by Gasteiger charge is 2.18. The van der Waals surface area contributed by atoms with Gasteiger partial charge in [0.05, 0.1) is 0 Å². The zero-order valence-corrected chi connectivity index (χ0v) is 18.0. The summed E-state index contributed by atoms with van der Waals surface area (Å²) < 4.78 is 0. The molecule has 0 rings (SSSR count). The van der Waals surface area contributed by atoms with E-state index in [4.69, 9.17) is 5.11 Å². The zero-order valence-electron chi connectivity index (χ0n) is 18.0. The van der Waals surface area contributed by atoms with Crippen LogP contribution in [0.4, 0.5) is 0 Å². The van der Waals surface area contributed by atoms with Gasteiger partial charge >= 0.3 is 5.97 Å². The summed E-state index contributed by atoms with van der Waals surface area (Å²) in [4.78, 5) is 33.0. The van der Waals surface area contributed by atoms with Crippen molar-refractivity contribution >= 4 is 18.2 Å². The Morgan fingerprint density at radius 3 is 1.61 bits per heavy atom. The first-order valence-corrected chi connectivity index (χ1v) is 11.5. The van der Waals surface area contributed by atoms with Crippen LogP contribution in [0.15, 0.2) is 0 Å². The summed E-state index contributed by atoms with van der Waals surface area (Å²) >= 11 is 0. The fourth-order valence-electron chi connectivity index (χ4n) is 3.38. The average molecular weight is 397 g/mol. The predicted molar refractivity (Wildman–Crippen MR) is 114 cm³/mol. The lowest BCUT2D eigenvalue weighted by Gasteiger charge is -2.12. The van der Waals surface area contributed by atoms with Crippen molar-refractivity contribution in [3.8, 4) is 0 Å². The number of carboxylic acid groups (broad SMARTS) is 1. The molecule has 28 heavy (non-hydrogen) atoms. The first-order valence-electron chi connectivity index (χ1n) is 11.5. The van der Waals surface area contributed by atoms with Crippen LogP contribution in [-0.2, 0) is 14.4 Å². The third kappa shape index (κ3) is 18.0. The lowest BCUT2D eigenvalue weighted by molar-refractivity contribution is -0.142. The van der Waals surface area contributed by atoms with Crippen molar-refractivity contribution < 1.29 is 19.5 Å². The summed E-state index contributed by atoms with van der Waals surface area (Å²) in [5, 5.41) is 11.5. The third-order valence-electron chi connectivity index (χ3n) is 5.18. The lowest BCUT2D eigenvalue weighted by atomic mass is 10.0. The van der Waals surface area contributed by atoms with Gasteiger partial charge in [0.2, 0.25) is 5.91 Å². The van der Waals surface area contributed by atoms with Gasteiger partial charge in [-0.2, -0.15) is 0 Å². The molecule has 2 N–H and O–H groups in total. The summed E-state index contributed by atoms with van der Waals surface area (Å²) in [5.41, 5.74) is 0. The summed E-state index contributed by atoms with van der Waals surface area (Å²) in [6.45, 7) is 2.26. The van der Waals surface area contributed by atoms with Crippen LogP contribution in [0.1, 0.15) is 122 Å². The summed E-state index contributed by atoms with van der Waals surface area (Å²) in [6, 6.07) is -0.981. The highest BCUT2D eigenvalue weighted by molar-refractivity contribution is 5.83. The van der Waals surface area contributed by atoms with Gasteiger partial charge in [-0.3, -0.25) is 9.59 Å². The van der Waals surface area contributed by atoms with Gasteiger partial charge in [-0.15, -0.1) is 0 Å². The first kappa shape index (κ1) is 26.6. The van der Waals surface area contributed by atoms with Crippen LogP contribution in [-0.4, -0.2) is 29.3 Å². The molecular formula is C23H42NO4. The van der Waals surface area contributed by atoms with Crippen molar-refractivity contribution in [1.29, 1.82) is 0 Å². The molecule has 0 spiro atoms. The van der Waals surface area contributed by atoms with E-state index < -0.39 is 12.0 Å². The van der Waals surface area contributed by atoms with Crippen LogP contribution in [0.25, 0.3) is 0 Å². The van der Waals surface area contributed by atoms with Gasteiger partial charge < -0.3 is 10.4 Å². The molecule has 0 aromatic heterocycles. The van der Waals surface area contributed by atoms with E-state index in [1.54, 1.807) is 6.29 Å². The van der Waals surface area contributed by atoms with Crippen molar-refractivity contribution in [2.24, 2.45) is 0 Å². The Morgan fingerprint density at radius 2 is 1.21 bits per heavy atom. The van der Waals surface area contributed by atoms with Crippen LogP contribution in [0.3, 0.4) is 0 Å². The highest BCUT2D eigenvalue weighted by atomic mass is 16.4. The van der Waals surface area contributed by atoms with Crippen molar-refractivity contribution in [2.75, 3.05) is 0 Å². The number of unbranched alkanes of at least 4 members (excludes halogenated alkanes) is 14. The van der Waals surface area contributed by atoms with Gasteiger partial charge in [-0.25, -0.2) is 4.79 Å². The second kappa shape index (κ2) is 20.3. The number of carbonyl (C=O) groups is 2. The minimum Gasteiger partial charge on any atom is -0.480 e. The molecule has 0 aliphatic heterocycles. The fraction of sp³-hybridized carbons (Fsp3) is 0.870. The molecule has 0 saturated heterocycles. The topological polar surface area (TPSA) is 83.5 Å². The molecule has 1 amide bonds. The quantitative estimate of drug-likeness (QED) is 0.243. The Kier molecular flexibility index (Phi) is 19.3. The normalized spacial score (nSPS) is 11.9. The zero-order chi connectivity index (χ0) is 20.9. The van der Waals surface area contributed by atoms with Crippen LogP contribution >= 0.6 is 0 Å². The number of aliphatic carboxylic acids is 1. The summed E-state index contributed by atoms with van der Waals surface area (Å²) in [6.07, 6.45) is 21.2. The number of carbonyl (C=O) groups excluding carboxylic acids is 2. The molecule has 0 fully saturated rings. The van der Waals surface area contributed by atoms with Gasteiger partial charge in [0.15, 0.2) is 6.29 Å². The van der Waals surface area contributed by atoms with Crippen molar-refractivity contribution in [2.45, 2.75) is 129 Å². The molecule has 5 heteroatoms. The van der Waals surface area contributed by atoms with E-state index >= 15 is 0 Å². The number of hydrogen-bond acceptors (Lipinski definition) is 3. The first-order chi connectivity index (χ1) is 13.6. The number of carboxylic acids is 1. The van der Waals surface area contributed by atoms with Crippen LogP contribution in [0.2, 0.25) is 0 Å². The molecule has 0 aliphatic carbocycles. The highest BCUT2D eigenvalue weighted by Crippen LogP contribution is 2.13. The molecule has 5 nitrogen and oxygen atoms in total. The van der Waals surface area contributed by atoms with Gasteiger partial charge in [0.1, 0.15) is 6.04 Å². The molecule has 0 unspecified atom stereocenters.